The van der Waals surface area contributed by atoms with E-state index >= 15 is 0 Å². The number of nitrogens with one attached hydrogen (secondary N) is 1. The molecular weight excluding hydrogens is 612 g/mol. The van der Waals surface area contributed by atoms with Crippen LogP contribution in [-0.2, 0) is 33.9 Å². The van der Waals surface area contributed by atoms with Gasteiger partial charge in [0.15, 0.2) is 0 Å². The number of hydroxylamine groups is 2. The minimum absolute atomic E-state index is 0.00757. The quantitative estimate of drug-likeness (QED) is 0.144. The Kier molecular flexibility index (Phi) is 9.34. The Hall–Kier alpha value is -2.97. The van der Waals surface area contributed by atoms with E-state index in [1.165, 1.54) is 16.7 Å². The molecule has 2 bridgehead atoms. The van der Waals surface area contributed by atoms with Crippen LogP contribution in [0.1, 0.15) is 33.1 Å². The molecular formula is C24H36N6O11S2. The summed E-state index contributed by atoms with van der Waals surface area (Å²) in [6.07, 6.45) is 0.534. The van der Waals surface area contributed by atoms with Crippen molar-refractivity contribution in [1.29, 1.82) is 0 Å². The molecule has 5 rings (SSSR count). The smallest absolute Gasteiger partial charge is 0.418 e. The molecule has 0 aliphatic carbocycles. The number of hydrogen-bond acceptors (Lipinski definition) is 11. The molecule has 0 aromatic heterocycles. The van der Waals surface area contributed by atoms with Crippen molar-refractivity contribution in [3.63, 3.8) is 0 Å². The first-order valence-electron chi connectivity index (χ1n) is 13.6. The van der Waals surface area contributed by atoms with Gasteiger partial charge in [-0.05, 0) is 26.2 Å². The summed E-state index contributed by atoms with van der Waals surface area (Å²) in [5, 5.41) is 23.4. The molecule has 240 valence electrons. The van der Waals surface area contributed by atoms with Gasteiger partial charge in [-0.15, -0.1) is 16.0 Å². The number of thioether (sulfide) groups is 1. The number of nitrogens with zero attached hydrogens (tertiary/aromatic N) is 4. The third-order valence-electron chi connectivity index (χ3n) is 8.26. The predicted molar refractivity (Wildman–Crippen MR) is 149 cm³/mol. The molecule has 2 unspecified atom stereocenters. The van der Waals surface area contributed by atoms with E-state index in [9.17, 15) is 42.6 Å². The van der Waals surface area contributed by atoms with Crippen molar-refractivity contribution in [3.05, 3.63) is 10.6 Å². The number of urea groups is 1. The van der Waals surface area contributed by atoms with E-state index in [2.05, 4.69) is 9.60 Å². The van der Waals surface area contributed by atoms with Crippen molar-refractivity contribution in [2.75, 3.05) is 27.2 Å². The number of rotatable bonds is 8. The van der Waals surface area contributed by atoms with Gasteiger partial charge >= 0.3 is 22.4 Å². The van der Waals surface area contributed by atoms with Gasteiger partial charge in [0.2, 0.25) is 17.7 Å². The van der Waals surface area contributed by atoms with Crippen LogP contribution in [-0.4, -0.2) is 135 Å². The first-order chi connectivity index (χ1) is 19.9. The SMILES string of the molecule is C[C@H](O)[C@H]1C(=O)N2C(C(=O)O)=C(S[C@@H]3CN[C@H](C(=O)N(C)C)C3)[C@H](C)[C@H]12.NC(=O)C1CCC2CN1C(=O)N2OS(=O)(=O)O. The molecule has 4 fully saturated rings. The lowest BCUT2D eigenvalue weighted by molar-refractivity contribution is -0.163. The zero-order valence-electron chi connectivity index (χ0n) is 23.9. The van der Waals surface area contributed by atoms with E-state index in [-0.39, 0.29) is 47.3 Å². The summed E-state index contributed by atoms with van der Waals surface area (Å²) < 4.78 is 33.8. The molecule has 0 aromatic carbocycles. The van der Waals surface area contributed by atoms with E-state index < -0.39 is 52.4 Å². The first-order valence-corrected chi connectivity index (χ1v) is 15.8. The van der Waals surface area contributed by atoms with Crippen LogP contribution >= 0.6 is 11.8 Å². The Morgan fingerprint density at radius 3 is 2.40 bits per heavy atom. The number of aliphatic carboxylic acids is 1. The average Bonchev–Trinajstić information content (AvgIpc) is 3.53. The number of nitrogens with two attached hydrogens (primary N) is 1. The maximum absolute atomic E-state index is 12.3. The van der Waals surface area contributed by atoms with Crippen molar-refractivity contribution in [1.82, 2.24) is 25.1 Å². The molecule has 0 aromatic rings. The summed E-state index contributed by atoms with van der Waals surface area (Å²) in [5.41, 5.74) is 5.17. The molecule has 4 saturated heterocycles. The molecule has 6 N–H and O–H groups in total. The number of aliphatic hydroxyl groups is 1. The summed E-state index contributed by atoms with van der Waals surface area (Å²) in [6, 6.07) is -2.61. The Morgan fingerprint density at radius 2 is 1.86 bits per heavy atom. The number of piperidine rings is 1. The van der Waals surface area contributed by atoms with E-state index in [4.69, 9.17) is 10.3 Å². The second kappa shape index (κ2) is 12.2. The van der Waals surface area contributed by atoms with Crippen molar-refractivity contribution in [3.8, 4) is 0 Å². The number of carbonyl (C=O) groups is 5. The number of fused-ring (bicyclic) bond motifs is 3. The highest BCUT2D eigenvalue weighted by molar-refractivity contribution is 8.03. The fourth-order valence-corrected chi connectivity index (χ4v) is 8.15. The lowest BCUT2D eigenvalue weighted by Crippen LogP contribution is -2.63. The monoisotopic (exact) mass is 648 g/mol. The molecule has 5 aliphatic heterocycles. The fraction of sp³-hybridized carbons (Fsp3) is 0.708. The van der Waals surface area contributed by atoms with Gasteiger partial charge in [-0.3, -0.25) is 18.9 Å². The minimum Gasteiger partial charge on any atom is -0.477 e. The van der Waals surface area contributed by atoms with Gasteiger partial charge in [-0.25, -0.2) is 9.59 Å². The average molecular weight is 649 g/mol. The lowest BCUT2D eigenvalue weighted by atomic mass is 9.79. The van der Waals surface area contributed by atoms with Gasteiger partial charge < -0.3 is 36.0 Å². The molecule has 43 heavy (non-hydrogen) atoms. The maximum Gasteiger partial charge on any atom is 0.418 e. The second-order valence-corrected chi connectivity index (χ2v) is 13.7. The van der Waals surface area contributed by atoms with Gasteiger partial charge in [-0.1, -0.05) is 6.92 Å². The highest BCUT2D eigenvalue weighted by Crippen LogP contribution is 2.51. The van der Waals surface area contributed by atoms with Crippen LogP contribution in [0.15, 0.2) is 10.6 Å². The number of carbonyl (C=O) groups excluding carboxylic acids is 4. The first kappa shape index (κ1) is 32.9. The standard InChI is InChI=1S/C17H25N3O5S.C7H11N3O6S/c1-7-12-11(8(2)21)16(23)20(12)13(17(24)25)14(7)26-9-5-10(18-6-9)15(22)19(3)4;8-6(11)5-2-1-4-3-9(5)7(12)10(4)16-17(13,14)15/h7-12,18,21H,5-6H2,1-4H3,(H,24,25);4-5H,1-3H2,(H2,8,11)(H,13,14,15)/t7-,8+,9+,10+,11-,12-;/m1./s1. The van der Waals surface area contributed by atoms with E-state index in [1.807, 2.05) is 6.92 Å². The predicted octanol–water partition coefficient (Wildman–Crippen LogP) is -1.83. The molecule has 0 saturated carbocycles. The number of amides is 5. The summed E-state index contributed by atoms with van der Waals surface area (Å²) in [6.45, 7) is 4.23. The number of likely N-dealkylation sites (N-methyl/N-ethyl adjacent to an activating group) is 1. The van der Waals surface area contributed by atoms with Gasteiger partial charge in [0.25, 0.3) is 0 Å². The molecule has 5 heterocycles. The Labute approximate surface area is 252 Å². The highest BCUT2D eigenvalue weighted by Gasteiger charge is 2.60. The number of β-lactam (4-membered cyclic amide) rings is 1. The van der Waals surface area contributed by atoms with Crippen molar-refractivity contribution >= 4 is 51.9 Å². The summed E-state index contributed by atoms with van der Waals surface area (Å²) in [7, 11) is -1.34. The molecule has 17 nitrogen and oxygen atoms in total. The molecule has 0 radical (unpaired) electrons. The normalized spacial score (nSPS) is 32.2. The summed E-state index contributed by atoms with van der Waals surface area (Å²) in [5.74, 6) is -2.78. The number of hydrogen-bond donors (Lipinski definition) is 5. The Balaban J connectivity index is 0.000000215. The van der Waals surface area contributed by atoms with Gasteiger partial charge in [0, 0.05) is 43.3 Å². The van der Waals surface area contributed by atoms with Crippen LogP contribution < -0.4 is 11.1 Å². The topological polar surface area (TPSA) is 240 Å². The Morgan fingerprint density at radius 1 is 1.21 bits per heavy atom. The largest absolute Gasteiger partial charge is 0.477 e. The van der Waals surface area contributed by atoms with E-state index in [0.29, 0.717) is 35.8 Å². The third kappa shape index (κ3) is 6.32. The second-order valence-electron chi connectivity index (χ2n) is 11.4. The molecule has 19 heteroatoms. The van der Waals surface area contributed by atoms with Crippen LogP contribution in [0.25, 0.3) is 0 Å². The van der Waals surface area contributed by atoms with Crippen molar-refractivity contribution in [2.45, 2.75) is 68.6 Å². The third-order valence-corrected chi connectivity index (χ3v) is 10.1. The minimum atomic E-state index is -4.75. The number of carboxylic acid groups (broad SMARTS) is 1. The highest BCUT2D eigenvalue weighted by atomic mass is 32.3. The summed E-state index contributed by atoms with van der Waals surface area (Å²) in [4.78, 5) is 63.7. The van der Waals surface area contributed by atoms with Crippen LogP contribution in [0, 0.1) is 11.8 Å². The maximum atomic E-state index is 12.3. The fourth-order valence-electron chi connectivity index (χ4n) is 6.28. The molecule has 5 aliphatic rings. The van der Waals surface area contributed by atoms with Gasteiger partial charge in [0.05, 0.1) is 30.1 Å². The Bertz CT molecular complexity index is 1340. The number of primary amides is 1. The lowest BCUT2D eigenvalue weighted by Gasteiger charge is -2.46. The molecule has 5 amide bonds. The zero-order valence-corrected chi connectivity index (χ0v) is 25.6. The van der Waals surface area contributed by atoms with Gasteiger partial charge in [-0.2, -0.15) is 13.5 Å². The van der Waals surface area contributed by atoms with E-state index in [1.54, 1.807) is 25.9 Å². The number of carboxylic acids is 1. The van der Waals surface area contributed by atoms with Gasteiger partial charge in [0.1, 0.15) is 11.7 Å². The van der Waals surface area contributed by atoms with Crippen molar-refractivity contribution in [2.24, 2.45) is 17.6 Å². The zero-order chi connectivity index (χ0) is 32.1. The number of aliphatic hydroxyl groups excluding tert-OH is 1. The van der Waals surface area contributed by atoms with Crippen LogP contribution in [0.4, 0.5) is 4.79 Å². The summed E-state index contributed by atoms with van der Waals surface area (Å²) >= 11 is 1.45. The van der Waals surface area contributed by atoms with Crippen LogP contribution in [0.5, 0.6) is 0 Å². The molecule has 0 spiro atoms. The van der Waals surface area contributed by atoms with Crippen LogP contribution in [0.2, 0.25) is 0 Å². The molecule has 8 atom stereocenters. The van der Waals surface area contributed by atoms with E-state index in [0.717, 1.165) is 4.90 Å². The van der Waals surface area contributed by atoms with Crippen molar-refractivity contribution < 1.29 is 51.4 Å². The van der Waals surface area contributed by atoms with Crippen LogP contribution in [0.3, 0.4) is 0 Å².